The number of ether oxygens (including phenoxy) is 1. The van der Waals surface area contributed by atoms with Crippen molar-refractivity contribution in [2.45, 2.75) is 25.8 Å². The zero-order valence-corrected chi connectivity index (χ0v) is 11.9. The summed E-state index contributed by atoms with van der Waals surface area (Å²) in [7, 11) is 0. The van der Waals surface area contributed by atoms with Gasteiger partial charge in [-0.1, -0.05) is 0 Å². The zero-order chi connectivity index (χ0) is 14.1. The number of carboxylic acid groups (broad SMARTS) is 1. The molecule has 0 bridgehead atoms. The Morgan fingerprint density at radius 2 is 2.40 bits per heavy atom. The number of hydrogen-bond donors (Lipinski definition) is 2. The van der Waals surface area contributed by atoms with Gasteiger partial charge in [0.1, 0.15) is 21.9 Å². The Morgan fingerprint density at radius 3 is 3.10 bits per heavy atom. The van der Waals surface area contributed by atoms with Crippen molar-refractivity contribution in [1.82, 2.24) is 9.97 Å². The van der Waals surface area contributed by atoms with E-state index >= 15 is 0 Å². The van der Waals surface area contributed by atoms with Crippen molar-refractivity contribution in [2.24, 2.45) is 0 Å². The topological polar surface area (TPSA) is 84.3 Å². The molecule has 2 N–H and O–H groups in total. The van der Waals surface area contributed by atoms with Crippen LogP contribution in [-0.2, 0) is 4.74 Å². The average Bonchev–Trinajstić information content (AvgIpc) is 2.79. The van der Waals surface area contributed by atoms with Crippen molar-refractivity contribution in [3.63, 3.8) is 0 Å². The molecule has 0 amide bonds. The van der Waals surface area contributed by atoms with Crippen LogP contribution in [0, 0.1) is 6.92 Å². The van der Waals surface area contributed by atoms with Gasteiger partial charge in [0.05, 0.1) is 18.0 Å². The summed E-state index contributed by atoms with van der Waals surface area (Å²) >= 11 is 1.19. The third-order valence-electron chi connectivity index (χ3n) is 3.42. The van der Waals surface area contributed by atoms with Crippen LogP contribution in [0.15, 0.2) is 6.33 Å². The Hall–Kier alpha value is -1.73. The predicted molar refractivity (Wildman–Crippen MR) is 76.6 cm³/mol. The number of nitrogens with zero attached hydrogens (tertiary/aromatic N) is 2. The maximum atomic E-state index is 11.2. The van der Waals surface area contributed by atoms with E-state index in [-0.39, 0.29) is 6.04 Å². The number of aromatic carboxylic acids is 1. The lowest BCUT2D eigenvalue weighted by atomic mass is 10.1. The van der Waals surface area contributed by atoms with Crippen molar-refractivity contribution in [1.29, 1.82) is 0 Å². The van der Waals surface area contributed by atoms with Gasteiger partial charge < -0.3 is 15.2 Å². The summed E-state index contributed by atoms with van der Waals surface area (Å²) in [6.07, 6.45) is 3.52. The molecule has 0 saturated carbocycles. The standard InChI is InChI=1S/C13H15N3O3S/c1-7-9-11(16-8-3-2-4-19-5-8)14-6-15-12(9)20-10(7)13(17)18/h6,8H,2-5H2,1H3,(H,17,18)(H,14,15,16). The summed E-state index contributed by atoms with van der Waals surface area (Å²) in [5, 5.41) is 13.4. The molecule has 20 heavy (non-hydrogen) atoms. The first kappa shape index (κ1) is 13.3. The van der Waals surface area contributed by atoms with Gasteiger partial charge in [-0.25, -0.2) is 14.8 Å². The van der Waals surface area contributed by atoms with Crippen molar-refractivity contribution < 1.29 is 14.6 Å². The van der Waals surface area contributed by atoms with Gasteiger partial charge >= 0.3 is 5.97 Å². The first-order valence-corrected chi connectivity index (χ1v) is 7.30. The van der Waals surface area contributed by atoms with Gasteiger partial charge in [0, 0.05) is 6.61 Å². The molecule has 2 aromatic rings. The molecule has 7 heteroatoms. The monoisotopic (exact) mass is 293 g/mol. The van der Waals surface area contributed by atoms with Crippen LogP contribution in [0.5, 0.6) is 0 Å². The van der Waals surface area contributed by atoms with E-state index in [1.807, 2.05) is 0 Å². The third-order valence-corrected chi connectivity index (χ3v) is 4.61. The van der Waals surface area contributed by atoms with Crippen molar-refractivity contribution in [3.05, 3.63) is 16.8 Å². The Balaban J connectivity index is 1.99. The number of hydrogen-bond acceptors (Lipinski definition) is 6. The minimum atomic E-state index is -0.919. The molecule has 106 valence electrons. The highest BCUT2D eigenvalue weighted by atomic mass is 32.1. The molecule has 1 fully saturated rings. The SMILES string of the molecule is Cc1c(C(=O)O)sc2ncnc(NC3CCCOC3)c12. The number of anilines is 1. The van der Waals surface area contributed by atoms with Crippen LogP contribution in [0.4, 0.5) is 5.82 Å². The van der Waals surface area contributed by atoms with E-state index in [2.05, 4.69) is 15.3 Å². The largest absolute Gasteiger partial charge is 0.477 e. The predicted octanol–water partition coefficient (Wildman–Crippen LogP) is 2.29. The minimum absolute atomic E-state index is 0.217. The Morgan fingerprint density at radius 1 is 1.55 bits per heavy atom. The second-order valence-corrected chi connectivity index (χ2v) is 5.82. The van der Waals surface area contributed by atoms with E-state index in [9.17, 15) is 9.90 Å². The Kier molecular flexibility index (Phi) is 3.54. The highest BCUT2D eigenvalue weighted by Crippen LogP contribution is 2.33. The molecule has 1 saturated heterocycles. The van der Waals surface area contributed by atoms with Gasteiger partial charge in [0.2, 0.25) is 0 Å². The first-order valence-electron chi connectivity index (χ1n) is 6.48. The summed E-state index contributed by atoms with van der Waals surface area (Å²) < 4.78 is 5.44. The maximum absolute atomic E-state index is 11.2. The molecular formula is C13H15N3O3S. The molecule has 1 unspecified atom stereocenters. The second-order valence-electron chi connectivity index (χ2n) is 4.82. The Bertz CT molecular complexity index is 650. The van der Waals surface area contributed by atoms with E-state index in [1.54, 1.807) is 6.92 Å². The molecule has 6 nitrogen and oxygen atoms in total. The fourth-order valence-corrected chi connectivity index (χ4v) is 3.42. The molecule has 1 aliphatic rings. The fourth-order valence-electron chi connectivity index (χ4n) is 2.43. The van der Waals surface area contributed by atoms with Gasteiger partial charge in [0.25, 0.3) is 0 Å². The van der Waals surface area contributed by atoms with Gasteiger partial charge in [-0.3, -0.25) is 0 Å². The minimum Gasteiger partial charge on any atom is -0.477 e. The lowest BCUT2D eigenvalue weighted by Gasteiger charge is -2.23. The van der Waals surface area contributed by atoms with E-state index < -0.39 is 5.97 Å². The van der Waals surface area contributed by atoms with Gasteiger partial charge in [0.15, 0.2) is 0 Å². The van der Waals surface area contributed by atoms with Crippen LogP contribution in [0.3, 0.4) is 0 Å². The second kappa shape index (κ2) is 5.34. The number of rotatable bonds is 3. The van der Waals surface area contributed by atoms with E-state index in [1.165, 1.54) is 17.7 Å². The van der Waals surface area contributed by atoms with Crippen molar-refractivity contribution in [2.75, 3.05) is 18.5 Å². The number of carboxylic acids is 1. The van der Waals surface area contributed by atoms with Crippen molar-refractivity contribution >= 4 is 33.3 Å². The summed E-state index contributed by atoms with van der Waals surface area (Å²) in [5.41, 5.74) is 0.720. The number of fused-ring (bicyclic) bond motifs is 1. The summed E-state index contributed by atoms with van der Waals surface area (Å²) in [4.78, 5) is 20.7. The van der Waals surface area contributed by atoms with Crippen LogP contribution in [0.2, 0.25) is 0 Å². The van der Waals surface area contributed by atoms with Crippen LogP contribution in [-0.4, -0.2) is 40.3 Å². The van der Waals surface area contributed by atoms with Crippen LogP contribution < -0.4 is 5.32 Å². The first-order chi connectivity index (χ1) is 9.66. The van der Waals surface area contributed by atoms with Crippen LogP contribution in [0.25, 0.3) is 10.2 Å². The lowest BCUT2D eigenvalue weighted by molar-refractivity contribution is 0.0701. The van der Waals surface area contributed by atoms with Gasteiger partial charge in [-0.05, 0) is 25.3 Å². The summed E-state index contributed by atoms with van der Waals surface area (Å²) in [6.45, 7) is 3.26. The third kappa shape index (κ3) is 2.34. The number of thiophene rings is 1. The normalized spacial score (nSPS) is 19.1. The quantitative estimate of drug-likeness (QED) is 0.903. The number of aromatic nitrogens is 2. The lowest BCUT2D eigenvalue weighted by Crippen LogP contribution is -2.30. The molecule has 3 heterocycles. The molecule has 3 rings (SSSR count). The van der Waals surface area contributed by atoms with Gasteiger partial charge in [-0.15, -0.1) is 11.3 Å². The molecule has 0 aliphatic carbocycles. The van der Waals surface area contributed by atoms with Gasteiger partial charge in [-0.2, -0.15) is 0 Å². The molecule has 0 spiro atoms. The molecular weight excluding hydrogens is 278 g/mol. The molecule has 0 radical (unpaired) electrons. The van der Waals surface area contributed by atoms with Crippen LogP contribution >= 0.6 is 11.3 Å². The molecule has 0 aromatic carbocycles. The Labute approximate surface area is 119 Å². The zero-order valence-electron chi connectivity index (χ0n) is 11.0. The molecule has 1 aliphatic heterocycles. The number of carbonyl (C=O) groups is 1. The highest BCUT2D eigenvalue weighted by molar-refractivity contribution is 7.20. The van der Waals surface area contributed by atoms with E-state index in [4.69, 9.17) is 4.74 Å². The van der Waals surface area contributed by atoms with E-state index in [0.29, 0.717) is 22.1 Å². The molecule has 2 aromatic heterocycles. The van der Waals surface area contributed by atoms with Crippen molar-refractivity contribution in [3.8, 4) is 0 Å². The summed E-state index contributed by atoms with van der Waals surface area (Å²) in [5.74, 6) is -0.218. The van der Waals surface area contributed by atoms with Crippen LogP contribution in [0.1, 0.15) is 28.1 Å². The maximum Gasteiger partial charge on any atom is 0.346 e. The van der Waals surface area contributed by atoms with E-state index in [0.717, 1.165) is 30.4 Å². The summed E-state index contributed by atoms with van der Waals surface area (Å²) in [6, 6.07) is 0.217. The number of aryl methyl sites for hydroxylation is 1. The highest BCUT2D eigenvalue weighted by Gasteiger charge is 2.21. The average molecular weight is 293 g/mol. The smallest absolute Gasteiger partial charge is 0.346 e. The number of nitrogens with one attached hydrogen (secondary N) is 1. The molecule has 1 atom stereocenters. The fraction of sp³-hybridized carbons (Fsp3) is 0.462.